The Morgan fingerprint density at radius 2 is 1.90 bits per heavy atom. The van der Waals surface area contributed by atoms with Crippen molar-refractivity contribution in [3.63, 3.8) is 0 Å². The molecule has 5 heteroatoms. The van der Waals surface area contributed by atoms with E-state index in [1.54, 1.807) is 7.11 Å². The highest BCUT2D eigenvalue weighted by molar-refractivity contribution is 5.47. The molecular weight excluding hydrogens is 252 g/mol. The first kappa shape index (κ1) is 16.7. The molecule has 20 heavy (non-hydrogen) atoms. The van der Waals surface area contributed by atoms with Gasteiger partial charge in [-0.2, -0.15) is 0 Å². The summed E-state index contributed by atoms with van der Waals surface area (Å²) in [6.45, 7) is 10.2. The molecule has 0 saturated carbocycles. The summed E-state index contributed by atoms with van der Waals surface area (Å²) in [5.74, 6) is 2.62. The van der Waals surface area contributed by atoms with Crippen LogP contribution in [-0.2, 0) is 11.3 Å². The minimum Gasteiger partial charge on any atom is -0.384 e. The third-order valence-corrected chi connectivity index (χ3v) is 3.29. The van der Waals surface area contributed by atoms with Gasteiger partial charge in [0.2, 0.25) is 0 Å². The fourth-order valence-electron chi connectivity index (χ4n) is 2.40. The molecule has 0 fully saturated rings. The van der Waals surface area contributed by atoms with Crippen LogP contribution in [-0.4, -0.2) is 29.7 Å². The Labute approximate surface area is 122 Å². The normalized spacial score (nSPS) is 11.3. The standard InChI is InChI=1S/C15H28N4O/c1-6-12(7-2)19(9-11(3)4)15-8-13(16)17-14(18-15)10-20-5/h8,11-12H,6-7,9-10H2,1-5H3,(H2,16,17,18). The molecule has 2 N–H and O–H groups in total. The van der Waals surface area contributed by atoms with Crippen LogP contribution < -0.4 is 10.6 Å². The zero-order chi connectivity index (χ0) is 15.1. The number of nitrogen functional groups attached to an aromatic ring is 1. The zero-order valence-electron chi connectivity index (χ0n) is 13.4. The molecule has 1 aromatic rings. The topological polar surface area (TPSA) is 64.3 Å². The summed E-state index contributed by atoms with van der Waals surface area (Å²) in [5, 5.41) is 0. The number of rotatable bonds is 8. The number of nitrogens with zero attached hydrogens (tertiary/aromatic N) is 3. The third kappa shape index (κ3) is 4.63. The number of hydrogen-bond acceptors (Lipinski definition) is 5. The number of hydrogen-bond donors (Lipinski definition) is 1. The molecule has 0 aliphatic carbocycles. The lowest BCUT2D eigenvalue weighted by Crippen LogP contribution is -2.38. The highest BCUT2D eigenvalue weighted by Crippen LogP contribution is 2.22. The fourth-order valence-corrected chi connectivity index (χ4v) is 2.40. The number of anilines is 2. The smallest absolute Gasteiger partial charge is 0.158 e. The third-order valence-electron chi connectivity index (χ3n) is 3.29. The van der Waals surface area contributed by atoms with Gasteiger partial charge in [0, 0.05) is 25.8 Å². The molecular formula is C15H28N4O. The molecule has 5 nitrogen and oxygen atoms in total. The van der Waals surface area contributed by atoms with Crippen molar-refractivity contribution in [1.82, 2.24) is 9.97 Å². The van der Waals surface area contributed by atoms with Gasteiger partial charge in [-0.1, -0.05) is 27.7 Å². The quantitative estimate of drug-likeness (QED) is 0.793. The predicted molar refractivity (Wildman–Crippen MR) is 83.7 cm³/mol. The van der Waals surface area contributed by atoms with Crippen LogP contribution in [0.5, 0.6) is 0 Å². The molecule has 0 bridgehead atoms. The van der Waals surface area contributed by atoms with Gasteiger partial charge in [-0.3, -0.25) is 0 Å². The van der Waals surface area contributed by atoms with Crippen LogP contribution in [0.3, 0.4) is 0 Å². The zero-order valence-corrected chi connectivity index (χ0v) is 13.4. The minimum atomic E-state index is 0.385. The number of aromatic nitrogens is 2. The summed E-state index contributed by atoms with van der Waals surface area (Å²) >= 11 is 0. The molecule has 1 rings (SSSR count). The molecule has 0 amide bonds. The second-order valence-corrected chi connectivity index (χ2v) is 5.52. The van der Waals surface area contributed by atoms with E-state index in [0.29, 0.717) is 30.2 Å². The Morgan fingerprint density at radius 3 is 2.40 bits per heavy atom. The summed E-state index contributed by atoms with van der Waals surface area (Å²) in [6, 6.07) is 2.34. The van der Waals surface area contributed by atoms with E-state index >= 15 is 0 Å². The summed E-state index contributed by atoms with van der Waals surface area (Å²) in [7, 11) is 1.64. The first-order valence-electron chi connectivity index (χ1n) is 7.40. The SMILES string of the molecule is CCC(CC)N(CC(C)C)c1cc(N)nc(COC)n1. The molecule has 0 aromatic carbocycles. The highest BCUT2D eigenvalue weighted by Gasteiger charge is 2.19. The van der Waals surface area contributed by atoms with Gasteiger partial charge >= 0.3 is 0 Å². The maximum atomic E-state index is 5.91. The largest absolute Gasteiger partial charge is 0.384 e. The van der Waals surface area contributed by atoms with Gasteiger partial charge in [-0.15, -0.1) is 0 Å². The van der Waals surface area contributed by atoms with Gasteiger partial charge in [0.1, 0.15) is 18.2 Å². The van der Waals surface area contributed by atoms with E-state index in [2.05, 4.69) is 42.6 Å². The average molecular weight is 280 g/mol. The molecule has 0 aliphatic heterocycles. The van der Waals surface area contributed by atoms with Crippen molar-refractivity contribution < 1.29 is 4.74 Å². The fraction of sp³-hybridized carbons (Fsp3) is 0.733. The van der Waals surface area contributed by atoms with Crippen molar-refractivity contribution in [2.75, 3.05) is 24.3 Å². The Hall–Kier alpha value is -1.36. The van der Waals surface area contributed by atoms with Gasteiger partial charge in [0.05, 0.1) is 0 Å². The lowest BCUT2D eigenvalue weighted by Gasteiger charge is -2.33. The van der Waals surface area contributed by atoms with Crippen molar-refractivity contribution >= 4 is 11.6 Å². The van der Waals surface area contributed by atoms with Crippen molar-refractivity contribution in [2.24, 2.45) is 5.92 Å². The first-order chi connectivity index (χ1) is 9.51. The molecule has 1 aromatic heterocycles. The van der Waals surface area contributed by atoms with Crippen LogP contribution in [0.25, 0.3) is 0 Å². The molecule has 0 unspecified atom stereocenters. The number of methoxy groups -OCH3 is 1. The van der Waals surface area contributed by atoms with Gasteiger partial charge in [0.25, 0.3) is 0 Å². The Morgan fingerprint density at radius 1 is 1.25 bits per heavy atom. The second kappa shape index (κ2) is 8.04. The molecule has 0 spiro atoms. The van der Waals surface area contributed by atoms with Crippen molar-refractivity contribution in [3.8, 4) is 0 Å². The van der Waals surface area contributed by atoms with Crippen LogP contribution >= 0.6 is 0 Å². The molecule has 114 valence electrons. The highest BCUT2D eigenvalue weighted by atomic mass is 16.5. The lowest BCUT2D eigenvalue weighted by atomic mass is 10.1. The van der Waals surface area contributed by atoms with Gasteiger partial charge in [-0.25, -0.2) is 9.97 Å². The Kier molecular flexibility index (Phi) is 6.71. The molecule has 1 heterocycles. The summed E-state index contributed by atoms with van der Waals surface area (Å²) in [4.78, 5) is 11.2. The predicted octanol–water partition coefficient (Wildman–Crippen LogP) is 2.86. The van der Waals surface area contributed by atoms with Gasteiger partial charge in [0.15, 0.2) is 5.82 Å². The maximum absolute atomic E-state index is 5.91. The second-order valence-electron chi connectivity index (χ2n) is 5.52. The Bertz CT molecular complexity index is 405. The first-order valence-corrected chi connectivity index (χ1v) is 7.40. The molecule has 0 saturated heterocycles. The summed E-state index contributed by atoms with van der Waals surface area (Å²) < 4.78 is 5.11. The van der Waals surface area contributed by atoms with Crippen molar-refractivity contribution in [2.45, 2.75) is 53.2 Å². The summed E-state index contributed by atoms with van der Waals surface area (Å²) in [5.41, 5.74) is 5.91. The van der Waals surface area contributed by atoms with Crippen molar-refractivity contribution in [3.05, 3.63) is 11.9 Å². The van der Waals surface area contributed by atoms with E-state index in [-0.39, 0.29) is 0 Å². The average Bonchev–Trinajstić information content (AvgIpc) is 2.38. The lowest BCUT2D eigenvalue weighted by molar-refractivity contribution is 0.178. The number of nitrogens with two attached hydrogens (primary N) is 1. The van der Waals surface area contributed by atoms with Crippen LogP contribution in [0.4, 0.5) is 11.6 Å². The van der Waals surface area contributed by atoms with Crippen LogP contribution in [0.15, 0.2) is 6.07 Å². The van der Waals surface area contributed by atoms with E-state index in [1.807, 2.05) is 6.07 Å². The maximum Gasteiger partial charge on any atom is 0.158 e. The van der Waals surface area contributed by atoms with Crippen LogP contribution in [0, 0.1) is 5.92 Å². The Balaban J connectivity index is 3.11. The van der Waals surface area contributed by atoms with E-state index < -0.39 is 0 Å². The van der Waals surface area contributed by atoms with E-state index in [9.17, 15) is 0 Å². The van der Waals surface area contributed by atoms with Gasteiger partial charge < -0.3 is 15.4 Å². The van der Waals surface area contributed by atoms with E-state index in [1.165, 1.54) is 0 Å². The minimum absolute atomic E-state index is 0.385. The molecule has 0 atom stereocenters. The summed E-state index contributed by atoms with van der Waals surface area (Å²) in [6.07, 6.45) is 2.18. The van der Waals surface area contributed by atoms with Gasteiger partial charge in [-0.05, 0) is 18.8 Å². The monoisotopic (exact) mass is 280 g/mol. The van der Waals surface area contributed by atoms with Crippen LogP contribution in [0.2, 0.25) is 0 Å². The van der Waals surface area contributed by atoms with Crippen LogP contribution in [0.1, 0.15) is 46.4 Å². The van der Waals surface area contributed by atoms with E-state index in [4.69, 9.17) is 10.5 Å². The molecule has 0 radical (unpaired) electrons. The molecule has 0 aliphatic rings. The van der Waals surface area contributed by atoms with Crippen molar-refractivity contribution in [1.29, 1.82) is 0 Å². The van der Waals surface area contributed by atoms with E-state index in [0.717, 1.165) is 25.2 Å². The number of ether oxygens (including phenoxy) is 1.